The number of methoxy groups -OCH3 is 1. The average molecular weight is 296 g/mol. The number of nitrogens with one attached hydrogen (secondary N) is 1. The van der Waals surface area contributed by atoms with Crippen molar-refractivity contribution < 1.29 is 14.4 Å². The number of thiazole rings is 1. The standard InChI is InChI=1S/C11H12N4O4S/c1-18-10-4-7(15(16)17)2-3-9(10)19-6-8-5-13-11(14-12)20-8/h2-5H,6,12H2,1H3,(H,13,14). The maximum atomic E-state index is 10.7. The van der Waals surface area contributed by atoms with Crippen molar-refractivity contribution >= 4 is 22.2 Å². The van der Waals surface area contributed by atoms with Crippen molar-refractivity contribution in [1.82, 2.24) is 4.98 Å². The molecule has 20 heavy (non-hydrogen) atoms. The quantitative estimate of drug-likeness (QED) is 0.475. The van der Waals surface area contributed by atoms with Crippen molar-refractivity contribution in [2.45, 2.75) is 6.61 Å². The van der Waals surface area contributed by atoms with Gasteiger partial charge in [-0.05, 0) is 6.07 Å². The van der Waals surface area contributed by atoms with Gasteiger partial charge in [-0.2, -0.15) is 0 Å². The molecule has 0 unspecified atom stereocenters. The van der Waals surface area contributed by atoms with Crippen LogP contribution in [0.15, 0.2) is 24.4 Å². The van der Waals surface area contributed by atoms with E-state index in [0.29, 0.717) is 16.6 Å². The first kappa shape index (κ1) is 14.0. The molecule has 0 radical (unpaired) electrons. The van der Waals surface area contributed by atoms with Crippen LogP contribution in [0.25, 0.3) is 0 Å². The first-order valence-corrected chi connectivity index (χ1v) is 6.32. The highest BCUT2D eigenvalue weighted by Crippen LogP contribution is 2.32. The molecule has 3 N–H and O–H groups in total. The number of rotatable bonds is 6. The number of anilines is 1. The smallest absolute Gasteiger partial charge is 0.273 e. The number of hydrogen-bond acceptors (Lipinski definition) is 8. The molecule has 9 heteroatoms. The highest BCUT2D eigenvalue weighted by atomic mass is 32.1. The fourth-order valence-corrected chi connectivity index (χ4v) is 2.11. The van der Waals surface area contributed by atoms with E-state index in [1.807, 2.05) is 0 Å². The monoisotopic (exact) mass is 296 g/mol. The molecule has 1 aromatic heterocycles. The van der Waals surface area contributed by atoms with Crippen molar-refractivity contribution in [1.29, 1.82) is 0 Å². The summed E-state index contributed by atoms with van der Waals surface area (Å²) >= 11 is 1.35. The van der Waals surface area contributed by atoms with E-state index in [1.165, 1.54) is 36.6 Å². The average Bonchev–Trinajstić information content (AvgIpc) is 2.92. The van der Waals surface area contributed by atoms with Crippen LogP contribution in [-0.4, -0.2) is 17.0 Å². The molecule has 0 fully saturated rings. The van der Waals surface area contributed by atoms with Crippen LogP contribution in [0.5, 0.6) is 11.5 Å². The molecule has 0 amide bonds. The van der Waals surface area contributed by atoms with E-state index < -0.39 is 4.92 Å². The maximum absolute atomic E-state index is 10.7. The van der Waals surface area contributed by atoms with E-state index in [1.54, 1.807) is 6.20 Å². The lowest BCUT2D eigenvalue weighted by molar-refractivity contribution is -0.385. The van der Waals surface area contributed by atoms with Crippen molar-refractivity contribution in [3.8, 4) is 11.5 Å². The summed E-state index contributed by atoms with van der Waals surface area (Å²) in [6, 6.07) is 4.17. The Kier molecular flexibility index (Phi) is 4.33. The summed E-state index contributed by atoms with van der Waals surface area (Å²) in [6.45, 7) is 0.271. The third kappa shape index (κ3) is 3.13. The van der Waals surface area contributed by atoms with Gasteiger partial charge in [-0.15, -0.1) is 0 Å². The van der Waals surface area contributed by atoms with Crippen molar-refractivity contribution in [3.63, 3.8) is 0 Å². The number of nitrogens with zero attached hydrogens (tertiary/aromatic N) is 2. The van der Waals surface area contributed by atoms with Gasteiger partial charge in [-0.1, -0.05) is 11.3 Å². The van der Waals surface area contributed by atoms with Crippen LogP contribution >= 0.6 is 11.3 Å². The van der Waals surface area contributed by atoms with Gasteiger partial charge in [0.2, 0.25) is 0 Å². The SMILES string of the molecule is COc1cc([N+](=O)[O-])ccc1OCc1cnc(NN)s1. The number of nitrogen functional groups attached to an aromatic ring is 1. The Balaban J connectivity index is 2.10. The molecule has 0 saturated heterocycles. The van der Waals surface area contributed by atoms with Gasteiger partial charge >= 0.3 is 0 Å². The highest BCUT2D eigenvalue weighted by Gasteiger charge is 2.12. The lowest BCUT2D eigenvalue weighted by Crippen LogP contribution is -2.05. The minimum absolute atomic E-state index is 0.0541. The van der Waals surface area contributed by atoms with Gasteiger partial charge in [0.25, 0.3) is 5.69 Å². The molecule has 0 aliphatic heterocycles. The molecular weight excluding hydrogens is 284 g/mol. The Bertz CT molecular complexity index is 616. The minimum atomic E-state index is -0.491. The van der Waals surface area contributed by atoms with Gasteiger partial charge in [-0.3, -0.25) is 15.5 Å². The molecular formula is C11H12N4O4S. The third-order valence-electron chi connectivity index (χ3n) is 2.40. The topological polar surface area (TPSA) is 113 Å². The summed E-state index contributed by atoms with van der Waals surface area (Å²) in [5, 5.41) is 11.3. The summed E-state index contributed by atoms with van der Waals surface area (Å²) in [7, 11) is 1.43. The minimum Gasteiger partial charge on any atom is -0.493 e. The molecule has 106 valence electrons. The Hall–Kier alpha value is -2.39. The molecule has 0 aliphatic carbocycles. The first-order valence-electron chi connectivity index (χ1n) is 5.50. The van der Waals surface area contributed by atoms with Crippen LogP contribution in [0.1, 0.15) is 4.88 Å². The van der Waals surface area contributed by atoms with Crippen LogP contribution in [-0.2, 0) is 6.61 Å². The second kappa shape index (κ2) is 6.17. The summed E-state index contributed by atoms with van der Waals surface area (Å²) < 4.78 is 10.6. The molecule has 0 saturated carbocycles. The lowest BCUT2D eigenvalue weighted by Gasteiger charge is -2.09. The number of nitro benzene ring substituents is 1. The van der Waals surface area contributed by atoms with Crippen LogP contribution in [0, 0.1) is 10.1 Å². The van der Waals surface area contributed by atoms with E-state index in [9.17, 15) is 10.1 Å². The fourth-order valence-electron chi connectivity index (χ4n) is 1.48. The predicted molar refractivity (Wildman–Crippen MR) is 73.9 cm³/mol. The zero-order chi connectivity index (χ0) is 14.5. The summed E-state index contributed by atoms with van der Waals surface area (Å²) in [5.74, 6) is 5.97. The second-order valence-corrected chi connectivity index (χ2v) is 4.77. The van der Waals surface area contributed by atoms with Crippen LogP contribution in [0.4, 0.5) is 10.8 Å². The zero-order valence-corrected chi connectivity index (χ0v) is 11.3. The van der Waals surface area contributed by atoms with Crippen molar-refractivity contribution in [2.24, 2.45) is 5.84 Å². The number of ether oxygens (including phenoxy) is 2. The van der Waals surface area contributed by atoms with Gasteiger partial charge in [0.1, 0.15) is 6.61 Å². The van der Waals surface area contributed by atoms with Gasteiger partial charge in [0.05, 0.1) is 23.0 Å². The summed E-state index contributed by atoms with van der Waals surface area (Å²) in [5.41, 5.74) is 2.39. The largest absolute Gasteiger partial charge is 0.493 e. The number of hydrogen-bond donors (Lipinski definition) is 2. The van der Waals surface area contributed by atoms with Gasteiger partial charge in [0, 0.05) is 12.3 Å². The van der Waals surface area contributed by atoms with E-state index in [0.717, 1.165) is 4.88 Å². The lowest BCUT2D eigenvalue weighted by atomic mass is 10.3. The van der Waals surface area contributed by atoms with Gasteiger partial charge in [-0.25, -0.2) is 10.8 Å². The number of benzene rings is 1. The summed E-state index contributed by atoms with van der Waals surface area (Å²) in [6.07, 6.45) is 1.64. The fraction of sp³-hybridized carbons (Fsp3) is 0.182. The normalized spacial score (nSPS) is 10.1. The molecule has 8 nitrogen and oxygen atoms in total. The van der Waals surface area contributed by atoms with Gasteiger partial charge in [0.15, 0.2) is 16.6 Å². The highest BCUT2D eigenvalue weighted by molar-refractivity contribution is 7.15. The van der Waals surface area contributed by atoms with E-state index >= 15 is 0 Å². The van der Waals surface area contributed by atoms with Gasteiger partial charge < -0.3 is 9.47 Å². The molecule has 0 aliphatic rings. The Morgan fingerprint density at radius 3 is 2.90 bits per heavy atom. The van der Waals surface area contributed by atoms with Crippen LogP contribution < -0.4 is 20.7 Å². The predicted octanol–water partition coefficient (Wildman–Crippen LogP) is 1.92. The third-order valence-corrected chi connectivity index (χ3v) is 3.31. The van der Waals surface area contributed by atoms with Crippen molar-refractivity contribution in [2.75, 3.05) is 12.5 Å². The second-order valence-electron chi connectivity index (χ2n) is 3.66. The number of nitro groups is 1. The maximum Gasteiger partial charge on any atom is 0.273 e. The van der Waals surface area contributed by atoms with Crippen LogP contribution in [0.2, 0.25) is 0 Å². The molecule has 2 aromatic rings. The molecule has 1 heterocycles. The zero-order valence-electron chi connectivity index (χ0n) is 10.5. The van der Waals surface area contributed by atoms with E-state index in [-0.39, 0.29) is 12.3 Å². The van der Waals surface area contributed by atoms with Crippen LogP contribution in [0.3, 0.4) is 0 Å². The Morgan fingerprint density at radius 1 is 1.50 bits per heavy atom. The molecule has 2 rings (SSSR count). The Morgan fingerprint density at radius 2 is 2.30 bits per heavy atom. The molecule has 0 atom stereocenters. The molecule has 0 spiro atoms. The number of non-ortho nitro benzene ring substituents is 1. The molecule has 0 bridgehead atoms. The Labute approximate surface area is 118 Å². The number of nitrogens with two attached hydrogens (primary N) is 1. The first-order chi connectivity index (χ1) is 9.63. The van der Waals surface area contributed by atoms with E-state index in [4.69, 9.17) is 15.3 Å². The number of aromatic nitrogens is 1. The van der Waals surface area contributed by atoms with E-state index in [2.05, 4.69) is 10.4 Å². The number of hydrazine groups is 1. The molecule has 1 aromatic carbocycles. The van der Waals surface area contributed by atoms with Crippen molar-refractivity contribution in [3.05, 3.63) is 39.4 Å². The summed E-state index contributed by atoms with van der Waals surface area (Å²) in [4.78, 5) is 15.1.